The van der Waals surface area contributed by atoms with Crippen molar-refractivity contribution in [2.24, 2.45) is 0 Å². The van der Waals surface area contributed by atoms with Gasteiger partial charge in [-0.25, -0.2) is 9.59 Å². The van der Waals surface area contributed by atoms with Gasteiger partial charge in [0.1, 0.15) is 24.9 Å². The molecule has 0 amide bonds. The zero-order chi connectivity index (χ0) is 26.6. The van der Waals surface area contributed by atoms with Crippen molar-refractivity contribution in [3.63, 3.8) is 0 Å². The number of hydrogen-bond donors (Lipinski definition) is 0. The molecule has 2 fully saturated rings. The largest absolute Gasteiger partial charge is 0.523 e. The van der Waals surface area contributed by atoms with Crippen LogP contribution in [-0.2, 0) is 38.0 Å². The monoisotopic (exact) mass is 546 g/mol. The number of alkyl halides is 3. The van der Waals surface area contributed by atoms with Gasteiger partial charge in [0.15, 0.2) is 12.4 Å². The van der Waals surface area contributed by atoms with E-state index in [1.165, 1.54) is 36.4 Å². The van der Waals surface area contributed by atoms with Crippen molar-refractivity contribution < 1.29 is 59.0 Å². The van der Waals surface area contributed by atoms with Crippen LogP contribution in [0.3, 0.4) is 0 Å². The normalized spacial score (nSPS) is 24.6. The number of carbonyl (C=O) groups is 2. The minimum Gasteiger partial charge on any atom is -0.459 e. The fraction of sp³-hybridized carbons (Fsp3) is 0.391. The van der Waals surface area contributed by atoms with E-state index in [0.29, 0.717) is 0 Å². The van der Waals surface area contributed by atoms with Gasteiger partial charge in [0.2, 0.25) is 0 Å². The van der Waals surface area contributed by atoms with Gasteiger partial charge in [-0.05, 0) is 24.3 Å². The van der Waals surface area contributed by atoms with Gasteiger partial charge in [-0.2, -0.15) is 21.6 Å². The zero-order valence-corrected chi connectivity index (χ0v) is 19.7. The third kappa shape index (κ3) is 6.27. The lowest BCUT2D eigenvalue weighted by atomic mass is 10.1. The van der Waals surface area contributed by atoms with Gasteiger partial charge >= 0.3 is 27.6 Å². The second-order valence-corrected chi connectivity index (χ2v) is 9.47. The number of ether oxygens (including phenoxy) is 5. The first-order chi connectivity index (χ1) is 17.6. The van der Waals surface area contributed by atoms with Gasteiger partial charge in [-0.1, -0.05) is 36.4 Å². The summed E-state index contributed by atoms with van der Waals surface area (Å²) in [5.41, 5.74) is -5.62. The van der Waals surface area contributed by atoms with Crippen LogP contribution in [0.15, 0.2) is 60.7 Å². The van der Waals surface area contributed by atoms with Crippen molar-refractivity contribution >= 4 is 22.1 Å². The molecule has 0 N–H and O–H groups in total. The Bertz CT molecular complexity index is 1180. The van der Waals surface area contributed by atoms with Gasteiger partial charge in [0.25, 0.3) is 0 Å². The molecular weight excluding hydrogens is 525 g/mol. The third-order valence-corrected chi connectivity index (χ3v) is 6.47. The number of hydrogen-bond acceptors (Lipinski definition) is 10. The van der Waals surface area contributed by atoms with E-state index in [9.17, 15) is 31.2 Å². The molecule has 4 rings (SSSR count). The second kappa shape index (κ2) is 11.1. The van der Waals surface area contributed by atoms with Gasteiger partial charge in [-0.15, -0.1) is 0 Å². The zero-order valence-electron chi connectivity index (χ0n) is 18.9. The highest BCUT2D eigenvalue weighted by atomic mass is 32.2. The molecule has 37 heavy (non-hydrogen) atoms. The number of esters is 2. The van der Waals surface area contributed by atoms with E-state index in [1.54, 1.807) is 24.3 Å². The van der Waals surface area contributed by atoms with Gasteiger partial charge in [0, 0.05) is 0 Å². The Morgan fingerprint density at radius 3 is 1.95 bits per heavy atom. The molecule has 2 heterocycles. The van der Waals surface area contributed by atoms with E-state index in [1.807, 2.05) is 0 Å². The maximum Gasteiger partial charge on any atom is 0.523 e. The van der Waals surface area contributed by atoms with Crippen molar-refractivity contribution in [3.05, 3.63) is 71.8 Å². The minimum absolute atomic E-state index is 0.0332. The van der Waals surface area contributed by atoms with Crippen molar-refractivity contribution in [1.29, 1.82) is 0 Å². The van der Waals surface area contributed by atoms with Gasteiger partial charge in [-0.3, -0.25) is 4.18 Å². The Balaban J connectivity index is 1.62. The van der Waals surface area contributed by atoms with E-state index >= 15 is 0 Å². The number of halogens is 3. The number of rotatable bonds is 8. The van der Waals surface area contributed by atoms with Gasteiger partial charge < -0.3 is 23.7 Å². The highest BCUT2D eigenvalue weighted by molar-refractivity contribution is 7.87. The maximum atomic E-state index is 13.2. The van der Waals surface area contributed by atoms with Crippen LogP contribution in [-0.4, -0.2) is 76.4 Å². The molecule has 2 aromatic rings. The highest BCUT2D eigenvalue weighted by Gasteiger charge is 2.58. The first-order valence-corrected chi connectivity index (χ1v) is 12.3. The maximum absolute atomic E-state index is 13.2. The third-order valence-electron chi connectivity index (χ3n) is 5.42. The Kier molecular flexibility index (Phi) is 8.14. The number of benzene rings is 2. The number of carbonyl (C=O) groups excluding carboxylic acids is 2. The van der Waals surface area contributed by atoms with Crippen LogP contribution in [0.25, 0.3) is 0 Å². The molecule has 0 aliphatic carbocycles. The van der Waals surface area contributed by atoms with E-state index in [4.69, 9.17) is 23.7 Å². The smallest absolute Gasteiger partial charge is 0.459 e. The molecule has 0 spiro atoms. The van der Waals surface area contributed by atoms with Crippen LogP contribution >= 0.6 is 0 Å². The summed E-state index contributed by atoms with van der Waals surface area (Å²) in [4.78, 5) is 25.1. The molecule has 0 unspecified atom stereocenters. The lowest BCUT2D eigenvalue weighted by molar-refractivity contribution is -0.161. The van der Waals surface area contributed by atoms with E-state index in [0.717, 1.165) is 0 Å². The van der Waals surface area contributed by atoms with Crippen molar-refractivity contribution in [2.45, 2.75) is 36.2 Å². The standard InChI is InChI=1S/C23H21F3O10S/c24-23(25,26)37(29,30)36-17-16(13-33-20(27)14-7-3-1-4-8-14)34-19(22-31-11-12-32-22)18(17)35-21(28)15-9-5-2-6-10-15/h1-10,16-19,22H,11-13H2/t16-,17-,18-,19-/m1/s1. The lowest BCUT2D eigenvalue weighted by Gasteiger charge is -2.26. The summed E-state index contributed by atoms with van der Waals surface area (Å²) in [6.07, 6.45) is -8.02. The molecule has 2 aliphatic rings. The average molecular weight is 546 g/mol. The van der Waals surface area contributed by atoms with Crippen molar-refractivity contribution in [3.8, 4) is 0 Å². The van der Waals surface area contributed by atoms with Crippen molar-refractivity contribution in [2.75, 3.05) is 19.8 Å². The predicted molar refractivity (Wildman–Crippen MR) is 117 cm³/mol. The molecule has 2 aliphatic heterocycles. The molecule has 200 valence electrons. The molecule has 4 atom stereocenters. The second-order valence-electron chi connectivity index (χ2n) is 7.91. The molecule has 0 bridgehead atoms. The molecule has 2 aromatic carbocycles. The predicted octanol–water partition coefficient (Wildman–Crippen LogP) is 2.44. The Labute approximate surface area is 209 Å². The molecule has 2 saturated heterocycles. The first-order valence-electron chi connectivity index (χ1n) is 10.9. The van der Waals surface area contributed by atoms with Crippen LogP contribution in [0, 0.1) is 0 Å². The summed E-state index contributed by atoms with van der Waals surface area (Å²) in [7, 11) is -6.18. The summed E-state index contributed by atoms with van der Waals surface area (Å²) in [5.74, 6) is -1.84. The molecule has 0 radical (unpaired) electrons. The summed E-state index contributed by atoms with van der Waals surface area (Å²) in [6, 6.07) is 15.1. The van der Waals surface area contributed by atoms with E-state index in [2.05, 4.69) is 4.18 Å². The van der Waals surface area contributed by atoms with E-state index in [-0.39, 0.29) is 24.3 Å². The quantitative estimate of drug-likeness (QED) is 0.277. The summed E-state index contributed by atoms with van der Waals surface area (Å²) < 4.78 is 94.9. The Morgan fingerprint density at radius 2 is 1.41 bits per heavy atom. The van der Waals surface area contributed by atoms with Crippen LogP contribution < -0.4 is 0 Å². The topological polar surface area (TPSA) is 124 Å². The summed E-state index contributed by atoms with van der Waals surface area (Å²) in [5, 5.41) is 0. The summed E-state index contributed by atoms with van der Waals surface area (Å²) >= 11 is 0. The summed E-state index contributed by atoms with van der Waals surface area (Å²) in [6.45, 7) is -0.526. The minimum atomic E-state index is -6.18. The fourth-order valence-corrected chi connectivity index (χ4v) is 4.34. The molecule has 10 nitrogen and oxygen atoms in total. The fourth-order valence-electron chi connectivity index (χ4n) is 3.71. The lowest BCUT2D eigenvalue weighted by Crippen LogP contribution is -2.46. The van der Waals surface area contributed by atoms with Gasteiger partial charge in [0.05, 0.1) is 24.3 Å². The molecule has 0 aromatic heterocycles. The highest BCUT2D eigenvalue weighted by Crippen LogP contribution is 2.36. The van der Waals surface area contributed by atoms with Crippen LogP contribution in [0.2, 0.25) is 0 Å². The molecular formula is C23H21F3O10S. The first kappa shape index (κ1) is 27.0. The van der Waals surface area contributed by atoms with Crippen LogP contribution in [0.4, 0.5) is 13.2 Å². The molecule has 0 saturated carbocycles. The van der Waals surface area contributed by atoms with E-state index < -0.39 is 64.9 Å². The Hall–Kier alpha value is -3.04. The van der Waals surface area contributed by atoms with Crippen LogP contribution in [0.5, 0.6) is 0 Å². The van der Waals surface area contributed by atoms with Crippen molar-refractivity contribution in [1.82, 2.24) is 0 Å². The molecule has 14 heteroatoms. The average Bonchev–Trinajstić information content (AvgIpc) is 3.52. The Morgan fingerprint density at radius 1 is 0.865 bits per heavy atom. The van der Waals surface area contributed by atoms with Crippen LogP contribution in [0.1, 0.15) is 20.7 Å². The SMILES string of the molecule is O=C(OC[C@H]1O[C@@H](C2OCCO2)[C@H](OC(=O)c2ccccc2)[C@@H]1OS(=O)(=O)C(F)(F)F)c1ccccc1.